The summed E-state index contributed by atoms with van der Waals surface area (Å²) in [5.74, 6) is 0.0701. The fraction of sp³-hybridized carbons (Fsp3) is 0.545. The monoisotopic (exact) mass is 243 g/mol. The van der Waals surface area contributed by atoms with Gasteiger partial charge < -0.3 is 9.80 Å². The second-order valence-corrected chi connectivity index (χ2v) is 4.75. The van der Waals surface area contributed by atoms with Crippen molar-refractivity contribution >= 4 is 17.4 Å². The summed E-state index contributed by atoms with van der Waals surface area (Å²) in [6, 6.07) is 1.78. The second kappa shape index (κ2) is 4.55. The molecule has 1 atom stereocenters. The Labute approximate surface area is 99.8 Å². The van der Waals surface area contributed by atoms with Gasteiger partial charge in [-0.3, -0.25) is 0 Å². The number of pyridine rings is 1. The van der Waals surface area contributed by atoms with Crippen LogP contribution < -0.4 is 4.90 Å². The fourth-order valence-electron chi connectivity index (χ4n) is 2.00. The normalized spacial score (nSPS) is 20.8. The highest BCUT2D eigenvalue weighted by Crippen LogP contribution is 2.24. The SMILES string of the molecule is CN(C)C1CCN(c2ncc(Cl)cc2F)C1. The van der Waals surface area contributed by atoms with Gasteiger partial charge in [-0.1, -0.05) is 11.6 Å². The lowest BCUT2D eigenvalue weighted by Crippen LogP contribution is -2.32. The van der Waals surface area contributed by atoms with Gasteiger partial charge in [0.1, 0.15) is 0 Å². The van der Waals surface area contributed by atoms with E-state index in [1.165, 1.54) is 12.3 Å². The van der Waals surface area contributed by atoms with Crippen LogP contribution in [0.25, 0.3) is 0 Å². The van der Waals surface area contributed by atoms with Gasteiger partial charge in [0.05, 0.1) is 5.02 Å². The lowest BCUT2D eigenvalue weighted by atomic mass is 10.2. The van der Waals surface area contributed by atoms with Crippen LogP contribution in [0.3, 0.4) is 0 Å². The maximum Gasteiger partial charge on any atom is 0.167 e. The molecule has 1 aromatic heterocycles. The fourth-order valence-corrected chi connectivity index (χ4v) is 2.14. The summed E-state index contributed by atoms with van der Waals surface area (Å²) >= 11 is 5.67. The molecule has 2 heterocycles. The van der Waals surface area contributed by atoms with E-state index in [-0.39, 0.29) is 5.82 Å². The average molecular weight is 244 g/mol. The van der Waals surface area contributed by atoms with Crippen molar-refractivity contribution in [3.8, 4) is 0 Å². The Morgan fingerprint density at radius 2 is 2.31 bits per heavy atom. The average Bonchev–Trinajstić information content (AvgIpc) is 2.66. The first-order valence-corrected chi connectivity index (χ1v) is 5.68. The Morgan fingerprint density at radius 1 is 1.56 bits per heavy atom. The predicted molar refractivity (Wildman–Crippen MR) is 63.5 cm³/mol. The zero-order valence-electron chi connectivity index (χ0n) is 9.45. The lowest BCUT2D eigenvalue weighted by Gasteiger charge is -2.21. The first kappa shape index (κ1) is 11.6. The minimum Gasteiger partial charge on any atom is -0.353 e. The molecule has 1 aliphatic rings. The molecule has 3 nitrogen and oxygen atoms in total. The lowest BCUT2D eigenvalue weighted by molar-refractivity contribution is 0.315. The molecule has 1 saturated heterocycles. The Balaban J connectivity index is 2.14. The first-order chi connectivity index (χ1) is 7.58. The van der Waals surface area contributed by atoms with E-state index in [0.29, 0.717) is 16.9 Å². The van der Waals surface area contributed by atoms with E-state index in [2.05, 4.69) is 9.88 Å². The predicted octanol–water partition coefficient (Wildman–Crippen LogP) is 2.01. The van der Waals surface area contributed by atoms with E-state index >= 15 is 0 Å². The van der Waals surface area contributed by atoms with Gasteiger partial charge in [0, 0.05) is 25.3 Å². The van der Waals surface area contributed by atoms with Gasteiger partial charge in [0.2, 0.25) is 0 Å². The first-order valence-electron chi connectivity index (χ1n) is 5.30. The zero-order valence-corrected chi connectivity index (χ0v) is 10.2. The summed E-state index contributed by atoms with van der Waals surface area (Å²) in [4.78, 5) is 8.18. The Hall–Kier alpha value is -0.870. The smallest absolute Gasteiger partial charge is 0.167 e. The van der Waals surface area contributed by atoms with Crippen LogP contribution >= 0.6 is 11.6 Å². The number of likely N-dealkylation sites (N-methyl/N-ethyl adjacent to an activating group) is 1. The number of anilines is 1. The van der Waals surface area contributed by atoms with Crippen molar-refractivity contribution < 1.29 is 4.39 Å². The van der Waals surface area contributed by atoms with E-state index in [4.69, 9.17) is 11.6 Å². The van der Waals surface area contributed by atoms with E-state index in [1.807, 2.05) is 19.0 Å². The van der Waals surface area contributed by atoms with Crippen LogP contribution in [-0.4, -0.2) is 43.1 Å². The summed E-state index contributed by atoms with van der Waals surface area (Å²) in [5, 5.41) is 0.338. The number of halogens is 2. The van der Waals surface area contributed by atoms with Gasteiger partial charge in [-0.2, -0.15) is 0 Å². The molecule has 0 radical (unpaired) electrons. The molecule has 0 N–H and O–H groups in total. The molecular weight excluding hydrogens is 229 g/mol. The molecule has 0 aromatic carbocycles. The van der Waals surface area contributed by atoms with Gasteiger partial charge in [0.15, 0.2) is 11.6 Å². The third kappa shape index (κ3) is 2.28. The zero-order chi connectivity index (χ0) is 11.7. The molecule has 1 aliphatic heterocycles. The van der Waals surface area contributed by atoms with Crippen molar-refractivity contribution in [2.75, 3.05) is 32.1 Å². The molecule has 0 bridgehead atoms. The van der Waals surface area contributed by atoms with E-state index < -0.39 is 0 Å². The van der Waals surface area contributed by atoms with Gasteiger partial charge >= 0.3 is 0 Å². The maximum absolute atomic E-state index is 13.6. The molecule has 88 valence electrons. The van der Waals surface area contributed by atoms with Crippen molar-refractivity contribution in [1.29, 1.82) is 0 Å². The van der Waals surface area contributed by atoms with E-state index in [9.17, 15) is 4.39 Å². The molecule has 0 amide bonds. The number of rotatable bonds is 2. The largest absolute Gasteiger partial charge is 0.353 e. The summed E-state index contributed by atoms with van der Waals surface area (Å²) in [7, 11) is 4.08. The summed E-state index contributed by atoms with van der Waals surface area (Å²) in [5.41, 5.74) is 0. The molecule has 0 aliphatic carbocycles. The maximum atomic E-state index is 13.6. The summed E-state index contributed by atoms with van der Waals surface area (Å²) in [6.07, 6.45) is 2.53. The molecule has 16 heavy (non-hydrogen) atoms. The Kier molecular flexibility index (Phi) is 3.30. The highest BCUT2D eigenvalue weighted by atomic mass is 35.5. The van der Waals surface area contributed by atoms with Crippen molar-refractivity contribution in [1.82, 2.24) is 9.88 Å². The molecule has 0 spiro atoms. The van der Waals surface area contributed by atoms with Crippen LogP contribution in [0.4, 0.5) is 10.2 Å². The van der Waals surface area contributed by atoms with E-state index in [1.54, 1.807) is 0 Å². The van der Waals surface area contributed by atoms with Gasteiger partial charge in [-0.25, -0.2) is 9.37 Å². The van der Waals surface area contributed by atoms with Crippen LogP contribution in [0, 0.1) is 5.82 Å². The molecule has 5 heteroatoms. The third-order valence-corrected chi connectivity index (χ3v) is 3.19. The van der Waals surface area contributed by atoms with Crippen LogP contribution in [-0.2, 0) is 0 Å². The Bertz CT molecular complexity index is 383. The van der Waals surface area contributed by atoms with Crippen LogP contribution in [0.2, 0.25) is 5.02 Å². The second-order valence-electron chi connectivity index (χ2n) is 4.31. The topological polar surface area (TPSA) is 19.4 Å². The van der Waals surface area contributed by atoms with Crippen molar-refractivity contribution in [2.45, 2.75) is 12.5 Å². The van der Waals surface area contributed by atoms with Crippen LogP contribution in [0.1, 0.15) is 6.42 Å². The molecule has 1 unspecified atom stereocenters. The van der Waals surface area contributed by atoms with Crippen LogP contribution in [0.5, 0.6) is 0 Å². The summed E-state index contributed by atoms with van der Waals surface area (Å²) in [6.45, 7) is 1.66. The standard InChI is InChI=1S/C11H15ClFN3/c1-15(2)9-3-4-16(7-9)11-10(13)5-8(12)6-14-11/h5-6,9H,3-4,7H2,1-2H3. The molecule has 0 saturated carbocycles. The number of nitrogens with zero attached hydrogens (tertiary/aromatic N) is 3. The molecule has 1 aromatic rings. The molecule has 1 fully saturated rings. The van der Waals surface area contributed by atoms with Gasteiger partial charge in [-0.15, -0.1) is 0 Å². The highest BCUT2D eigenvalue weighted by molar-refractivity contribution is 6.30. The molecule has 2 rings (SSSR count). The van der Waals surface area contributed by atoms with Crippen LogP contribution in [0.15, 0.2) is 12.3 Å². The van der Waals surface area contributed by atoms with Gasteiger partial charge in [-0.05, 0) is 26.6 Å². The van der Waals surface area contributed by atoms with Gasteiger partial charge in [0.25, 0.3) is 0 Å². The number of aromatic nitrogens is 1. The van der Waals surface area contributed by atoms with Crippen molar-refractivity contribution in [2.24, 2.45) is 0 Å². The summed E-state index contributed by atoms with van der Waals surface area (Å²) < 4.78 is 13.6. The molecular formula is C11H15ClFN3. The number of hydrogen-bond acceptors (Lipinski definition) is 3. The Morgan fingerprint density at radius 3 is 2.88 bits per heavy atom. The van der Waals surface area contributed by atoms with E-state index in [0.717, 1.165) is 19.5 Å². The minimum absolute atomic E-state index is 0.338. The third-order valence-electron chi connectivity index (χ3n) is 2.98. The minimum atomic E-state index is -0.341. The van der Waals surface area contributed by atoms with Crippen molar-refractivity contribution in [3.63, 3.8) is 0 Å². The van der Waals surface area contributed by atoms with Crippen molar-refractivity contribution in [3.05, 3.63) is 23.1 Å². The number of hydrogen-bond donors (Lipinski definition) is 0. The quantitative estimate of drug-likeness (QED) is 0.792. The highest BCUT2D eigenvalue weighted by Gasteiger charge is 2.26.